The number of benzene rings is 1. The van der Waals surface area contributed by atoms with E-state index in [2.05, 4.69) is 25.6 Å². The van der Waals surface area contributed by atoms with Gasteiger partial charge >= 0.3 is 0 Å². The number of nitrogens with one attached hydrogen (secondary N) is 2. The molecule has 4 rings (SSSR count). The fourth-order valence-corrected chi connectivity index (χ4v) is 3.57. The van der Waals surface area contributed by atoms with Gasteiger partial charge in [0.05, 0.1) is 17.9 Å². The molecule has 1 unspecified atom stereocenters. The Labute approximate surface area is 180 Å². The third-order valence-corrected chi connectivity index (χ3v) is 4.94. The van der Waals surface area contributed by atoms with Crippen LogP contribution in [-0.2, 0) is 4.79 Å². The maximum atomic E-state index is 13.2. The summed E-state index contributed by atoms with van der Waals surface area (Å²) >= 11 is 0. The molecule has 0 aliphatic carbocycles. The fraction of sp³-hybridized carbons (Fsp3) is 0.286. The fourth-order valence-electron chi connectivity index (χ4n) is 3.57. The van der Waals surface area contributed by atoms with Gasteiger partial charge in [0, 0.05) is 44.1 Å². The van der Waals surface area contributed by atoms with Crippen LogP contribution in [0.25, 0.3) is 5.69 Å². The maximum Gasteiger partial charge on any atom is 0.239 e. The number of amides is 1. The molecule has 158 valence electrons. The van der Waals surface area contributed by atoms with E-state index in [0.29, 0.717) is 11.5 Å². The van der Waals surface area contributed by atoms with E-state index < -0.39 is 0 Å². The highest BCUT2D eigenvalue weighted by Gasteiger charge is 2.26. The summed E-state index contributed by atoms with van der Waals surface area (Å²) in [6.07, 6.45) is 3.59. The van der Waals surface area contributed by atoms with Crippen LogP contribution in [0.15, 0.2) is 54.9 Å². The molecular formula is C21H24ClFN6O. The van der Waals surface area contributed by atoms with E-state index >= 15 is 0 Å². The molecule has 0 saturated carbocycles. The molecule has 1 saturated heterocycles. The number of carbonyl (C=O) groups excluding carboxylic acids is 1. The molecule has 1 amide bonds. The summed E-state index contributed by atoms with van der Waals surface area (Å²) in [5.41, 5.74) is 2.53. The first kappa shape index (κ1) is 21.9. The van der Waals surface area contributed by atoms with Crippen LogP contribution in [0.4, 0.5) is 10.2 Å². The van der Waals surface area contributed by atoms with E-state index in [-0.39, 0.29) is 36.7 Å². The smallest absolute Gasteiger partial charge is 0.239 e. The van der Waals surface area contributed by atoms with E-state index in [1.807, 2.05) is 25.3 Å². The Hall–Kier alpha value is -2.81. The summed E-state index contributed by atoms with van der Waals surface area (Å²) in [4.78, 5) is 19.2. The molecule has 7 nitrogen and oxygen atoms in total. The Morgan fingerprint density at radius 2 is 2.10 bits per heavy atom. The van der Waals surface area contributed by atoms with Crippen LogP contribution in [-0.4, -0.2) is 51.8 Å². The molecule has 9 heteroatoms. The molecule has 3 aromatic rings. The minimum absolute atomic E-state index is 0. The SMILES string of the molecule is Cc1cc(NC(=O)CN2CCNCC2c2cccnc2)n(-c2ccc(F)cc2)n1.Cl. The van der Waals surface area contributed by atoms with Gasteiger partial charge < -0.3 is 10.6 Å². The van der Waals surface area contributed by atoms with E-state index in [9.17, 15) is 9.18 Å². The zero-order valence-corrected chi connectivity index (χ0v) is 17.4. The first-order chi connectivity index (χ1) is 14.1. The van der Waals surface area contributed by atoms with Gasteiger partial charge in [-0.15, -0.1) is 12.4 Å². The quantitative estimate of drug-likeness (QED) is 0.651. The van der Waals surface area contributed by atoms with Crippen LogP contribution in [0.5, 0.6) is 0 Å². The van der Waals surface area contributed by atoms with Crippen LogP contribution in [0.1, 0.15) is 17.3 Å². The highest BCUT2D eigenvalue weighted by atomic mass is 35.5. The number of nitrogens with zero attached hydrogens (tertiary/aromatic N) is 4. The lowest BCUT2D eigenvalue weighted by molar-refractivity contribution is -0.118. The number of hydrogen-bond acceptors (Lipinski definition) is 5. The van der Waals surface area contributed by atoms with Gasteiger partial charge in [0.2, 0.25) is 5.91 Å². The van der Waals surface area contributed by atoms with Crippen molar-refractivity contribution in [1.82, 2.24) is 25.0 Å². The second kappa shape index (κ2) is 9.80. The number of hydrogen-bond donors (Lipinski definition) is 2. The Kier molecular flexibility index (Phi) is 7.15. The van der Waals surface area contributed by atoms with Crippen LogP contribution in [0, 0.1) is 12.7 Å². The average Bonchev–Trinajstić information content (AvgIpc) is 3.09. The zero-order valence-electron chi connectivity index (χ0n) is 16.6. The number of carbonyl (C=O) groups is 1. The largest absolute Gasteiger partial charge is 0.314 e. The topological polar surface area (TPSA) is 75.1 Å². The molecule has 0 radical (unpaired) electrons. The normalized spacial score (nSPS) is 16.7. The van der Waals surface area contributed by atoms with Gasteiger partial charge in [-0.25, -0.2) is 9.07 Å². The number of pyridine rings is 1. The Balaban J connectivity index is 0.00000256. The van der Waals surface area contributed by atoms with Gasteiger partial charge in [-0.3, -0.25) is 14.7 Å². The lowest BCUT2D eigenvalue weighted by Gasteiger charge is -2.35. The highest BCUT2D eigenvalue weighted by Crippen LogP contribution is 2.22. The van der Waals surface area contributed by atoms with Crippen LogP contribution in [0.2, 0.25) is 0 Å². The number of anilines is 1. The Bertz CT molecular complexity index is 979. The van der Waals surface area contributed by atoms with E-state index in [4.69, 9.17) is 0 Å². The number of aryl methyl sites for hydroxylation is 1. The Morgan fingerprint density at radius 1 is 1.30 bits per heavy atom. The van der Waals surface area contributed by atoms with Crippen molar-refractivity contribution >= 4 is 24.1 Å². The summed E-state index contributed by atoms with van der Waals surface area (Å²) in [6, 6.07) is 11.8. The molecule has 1 aliphatic rings. The van der Waals surface area contributed by atoms with Gasteiger partial charge in [-0.1, -0.05) is 6.07 Å². The van der Waals surface area contributed by atoms with Crippen molar-refractivity contribution in [2.24, 2.45) is 0 Å². The minimum atomic E-state index is -0.316. The molecule has 0 bridgehead atoms. The van der Waals surface area contributed by atoms with Gasteiger partial charge in [0.1, 0.15) is 11.6 Å². The molecule has 1 aromatic carbocycles. The number of aromatic nitrogens is 3. The molecule has 1 fully saturated rings. The molecule has 2 N–H and O–H groups in total. The molecule has 3 heterocycles. The maximum absolute atomic E-state index is 13.2. The average molecular weight is 431 g/mol. The zero-order chi connectivity index (χ0) is 20.2. The summed E-state index contributed by atoms with van der Waals surface area (Å²) in [5.74, 6) is 0.125. The molecular weight excluding hydrogens is 407 g/mol. The summed E-state index contributed by atoms with van der Waals surface area (Å²) in [6.45, 7) is 4.48. The number of rotatable bonds is 5. The van der Waals surface area contributed by atoms with Gasteiger partial charge in [-0.2, -0.15) is 5.10 Å². The lowest BCUT2D eigenvalue weighted by atomic mass is 10.1. The molecule has 0 spiro atoms. The monoisotopic (exact) mass is 430 g/mol. The third kappa shape index (κ3) is 5.02. The number of halogens is 2. The van der Waals surface area contributed by atoms with Crippen LogP contribution in [0.3, 0.4) is 0 Å². The predicted octanol–water partition coefficient (Wildman–Crippen LogP) is 2.72. The van der Waals surface area contributed by atoms with E-state index in [0.717, 1.165) is 30.9 Å². The van der Waals surface area contributed by atoms with Crippen molar-refractivity contribution in [3.63, 3.8) is 0 Å². The third-order valence-electron chi connectivity index (χ3n) is 4.94. The first-order valence-corrected chi connectivity index (χ1v) is 9.57. The van der Waals surface area contributed by atoms with Gasteiger partial charge in [0.15, 0.2) is 0 Å². The summed E-state index contributed by atoms with van der Waals surface area (Å²) in [7, 11) is 0. The van der Waals surface area contributed by atoms with Crippen molar-refractivity contribution < 1.29 is 9.18 Å². The second-order valence-electron chi connectivity index (χ2n) is 7.08. The standard InChI is InChI=1S/C21H23FN6O.ClH/c1-15-11-20(28(26-15)18-6-4-17(22)5-7-18)25-21(29)14-27-10-9-24-13-19(27)16-3-2-8-23-12-16;/h2-8,11-12,19,24H,9-10,13-14H2,1H3,(H,25,29);1H. The van der Waals surface area contributed by atoms with Crippen molar-refractivity contribution in [2.75, 3.05) is 31.5 Å². The first-order valence-electron chi connectivity index (χ1n) is 9.57. The van der Waals surface area contributed by atoms with Crippen molar-refractivity contribution in [3.8, 4) is 5.69 Å². The molecule has 2 aromatic heterocycles. The number of piperazine rings is 1. The van der Waals surface area contributed by atoms with Gasteiger partial charge in [0.25, 0.3) is 0 Å². The molecule has 30 heavy (non-hydrogen) atoms. The van der Waals surface area contributed by atoms with Crippen LogP contribution < -0.4 is 10.6 Å². The van der Waals surface area contributed by atoms with Crippen LogP contribution >= 0.6 is 12.4 Å². The summed E-state index contributed by atoms with van der Waals surface area (Å²) < 4.78 is 14.9. The minimum Gasteiger partial charge on any atom is -0.314 e. The van der Waals surface area contributed by atoms with E-state index in [1.54, 1.807) is 29.1 Å². The molecule has 1 aliphatic heterocycles. The summed E-state index contributed by atoms with van der Waals surface area (Å²) in [5, 5.41) is 10.8. The second-order valence-corrected chi connectivity index (χ2v) is 7.08. The van der Waals surface area contributed by atoms with Crippen molar-refractivity contribution in [3.05, 3.63) is 71.9 Å². The lowest BCUT2D eigenvalue weighted by Crippen LogP contribution is -2.48. The highest BCUT2D eigenvalue weighted by molar-refractivity contribution is 5.91. The predicted molar refractivity (Wildman–Crippen MR) is 116 cm³/mol. The van der Waals surface area contributed by atoms with E-state index in [1.165, 1.54) is 12.1 Å². The Morgan fingerprint density at radius 3 is 2.83 bits per heavy atom. The van der Waals surface area contributed by atoms with Crippen molar-refractivity contribution in [2.45, 2.75) is 13.0 Å². The van der Waals surface area contributed by atoms with Gasteiger partial charge in [-0.05, 0) is 42.8 Å². The van der Waals surface area contributed by atoms with Crippen molar-refractivity contribution in [1.29, 1.82) is 0 Å². The molecule has 1 atom stereocenters.